The molecule has 0 spiro atoms. The van der Waals surface area contributed by atoms with E-state index in [0.29, 0.717) is 17.9 Å². The molecule has 128 valence electrons. The molecular formula is C23H25NO. The standard InChI is InChI=1S/C23H25NO/c1-24-16-7-6-8-17(24)14-15(13-16)23(25)22-20-11-4-2-9-18(20)19-10-3-5-12-21(19)22/h2-5,9-12,15-17,22H,6-8,13-14H2,1H3. The number of nitrogens with zero attached hydrogens (tertiary/aromatic N) is 1. The molecule has 2 saturated heterocycles. The summed E-state index contributed by atoms with van der Waals surface area (Å²) in [5, 5.41) is 0. The molecule has 0 aromatic heterocycles. The van der Waals surface area contributed by atoms with Gasteiger partial charge in [0, 0.05) is 18.0 Å². The molecule has 3 aliphatic rings. The van der Waals surface area contributed by atoms with Crippen LogP contribution in [-0.4, -0.2) is 29.8 Å². The van der Waals surface area contributed by atoms with Crippen molar-refractivity contribution in [3.63, 3.8) is 0 Å². The summed E-state index contributed by atoms with van der Waals surface area (Å²) < 4.78 is 0. The van der Waals surface area contributed by atoms with Gasteiger partial charge in [-0.2, -0.15) is 0 Å². The molecular weight excluding hydrogens is 306 g/mol. The molecule has 25 heavy (non-hydrogen) atoms. The van der Waals surface area contributed by atoms with Crippen LogP contribution in [0.2, 0.25) is 0 Å². The highest BCUT2D eigenvalue weighted by Gasteiger charge is 2.43. The van der Waals surface area contributed by atoms with E-state index >= 15 is 0 Å². The third-order valence-electron chi connectivity index (χ3n) is 6.86. The average molecular weight is 331 g/mol. The summed E-state index contributed by atoms with van der Waals surface area (Å²) in [7, 11) is 2.26. The van der Waals surface area contributed by atoms with Gasteiger partial charge in [0.05, 0.1) is 5.92 Å². The molecule has 2 bridgehead atoms. The number of piperidine rings is 2. The minimum absolute atomic E-state index is 0.0541. The van der Waals surface area contributed by atoms with Crippen LogP contribution in [0.25, 0.3) is 11.1 Å². The Morgan fingerprint density at radius 3 is 1.96 bits per heavy atom. The first-order valence-electron chi connectivity index (χ1n) is 9.68. The van der Waals surface area contributed by atoms with E-state index in [1.807, 2.05) is 0 Å². The van der Waals surface area contributed by atoms with E-state index in [1.165, 1.54) is 41.5 Å². The van der Waals surface area contributed by atoms with Gasteiger partial charge in [-0.05, 0) is 55.0 Å². The van der Waals surface area contributed by atoms with E-state index in [-0.39, 0.29) is 11.8 Å². The minimum atomic E-state index is -0.0541. The van der Waals surface area contributed by atoms with Gasteiger partial charge in [-0.3, -0.25) is 4.79 Å². The average Bonchev–Trinajstić information content (AvgIpc) is 2.95. The smallest absolute Gasteiger partial charge is 0.147 e. The largest absolute Gasteiger partial charge is 0.300 e. The summed E-state index contributed by atoms with van der Waals surface area (Å²) in [6.45, 7) is 0. The van der Waals surface area contributed by atoms with Crippen LogP contribution in [0.1, 0.15) is 49.1 Å². The SMILES string of the molecule is CN1C2CCCC1CC(C(=O)C1c3ccccc3-c3ccccc31)C2. The van der Waals surface area contributed by atoms with Gasteiger partial charge in [0.1, 0.15) is 5.78 Å². The van der Waals surface area contributed by atoms with E-state index < -0.39 is 0 Å². The summed E-state index contributed by atoms with van der Waals surface area (Å²) >= 11 is 0. The Hall–Kier alpha value is -1.93. The number of fused-ring (bicyclic) bond motifs is 5. The maximum atomic E-state index is 13.6. The van der Waals surface area contributed by atoms with Gasteiger partial charge < -0.3 is 4.90 Å². The van der Waals surface area contributed by atoms with Gasteiger partial charge in [0.15, 0.2) is 0 Å². The summed E-state index contributed by atoms with van der Waals surface area (Å²) in [5.41, 5.74) is 4.95. The highest BCUT2D eigenvalue weighted by molar-refractivity contribution is 5.98. The molecule has 0 N–H and O–H groups in total. The van der Waals surface area contributed by atoms with Crippen molar-refractivity contribution in [2.75, 3.05) is 7.05 Å². The lowest BCUT2D eigenvalue weighted by molar-refractivity contribution is -0.127. The Morgan fingerprint density at radius 2 is 1.40 bits per heavy atom. The van der Waals surface area contributed by atoms with Gasteiger partial charge in [-0.15, -0.1) is 0 Å². The van der Waals surface area contributed by atoms with Crippen molar-refractivity contribution in [1.82, 2.24) is 4.90 Å². The second-order valence-electron chi connectivity index (χ2n) is 8.08. The number of benzene rings is 2. The fraction of sp³-hybridized carbons (Fsp3) is 0.435. The lowest BCUT2D eigenvalue weighted by Crippen LogP contribution is -2.51. The van der Waals surface area contributed by atoms with Gasteiger partial charge in [0.25, 0.3) is 0 Å². The molecule has 1 aliphatic carbocycles. The van der Waals surface area contributed by atoms with Crippen molar-refractivity contribution >= 4 is 5.78 Å². The predicted octanol–water partition coefficient (Wildman–Crippen LogP) is 4.63. The molecule has 0 radical (unpaired) electrons. The normalized spacial score (nSPS) is 28.4. The van der Waals surface area contributed by atoms with E-state index in [4.69, 9.17) is 0 Å². The zero-order valence-corrected chi connectivity index (χ0v) is 14.8. The molecule has 2 unspecified atom stereocenters. The Labute approximate surface area is 149 Å². The molecule has 0 saturated carbocycles. The van der Waals surface area contributed by atoms with Crippen molar-refractivity contribution in [3.8, 4) is 11.1 Å². The van der Waals surface area contributed by atoms with Gasteiger partial charge in [-0.25, -0.2) is 0 Å². The molecule has 2 aromatic rings. The summed E-state index contributed by atoms with van der Waals surface area (Å²) in [5.74, 6) is 0.625. The number of carbonyl (C=O) groups excluding carboxylic acids is 1. The summed E-state index contributed by atoms with van der Waals surface area (Å²) in [6.07, 6.45) is 5.94. The lowest BCUT2D eigenvalue weighted by Gasteiger charge is -2.47. The van der Waals surface area contributed by atoms with Crippen LogP contribution in [0, 0.1) is 5.92 Å². The first-order chi connectivity index (χ1) is 12.2. The molecule has 2 atom stereocenters. The number of ketones is 1. The highest BCUT2D eigenvalue weighted by Crippen LogP contribution is 2.48. The van der Waals surface area contributed by atoms with Crippen molar-refractivity contribution in [1.29, 1.82) is 0 Å². The van der Waals surface area contributed by atoms with Gasteiger partial charge >= 0.3 is 0 Å². The monoisotopic (exact) mass is 331 g/mol. The van der Waals surface area contributed by atoms with Crippen LogP contribution in [0.5, 0.6) is 0 Å². The van der Waals surface area contributed by atoms with Crippen LogP contribution in [-0.2, 0) is 4.79 Å². The third-order valence-corrected chi connectivity index (χ3v) is 6.86. The molecule has 2 fully saturated rings. The van der Waals surface area contributed by atoms with Crippen molar-refractivity contribution < 1.29 is 4.79 Å². The first-order valence-corrected chi connectivity index (χ1v) is 9.68. The predicted molar refractivity (Wildman–Crippen MR) is 101 cm³/mol. The minimum Gasteiger partial charge on any atom is -0.300 e. The third kappa shape index (κ3) is 2.31. The molecule has 2 nitrogen and oxygen atoms in total. The number of hydrogen-bond donors (Lipinski definition) is 0. The van der Waals surface area contributed by atoms with Crippen molar-refractivity contribution in [3.05, 3.63) is 59.7 Å². The number of rotatable bonds is 2. The molecule has 2 heterocycles. The van der Waals surface area contributed by atoms with Gasteiger partial charge in [0.2, 0.25) is 0 Å². The summed E-state index contributed by atoms with van der Waals surface area (Å²) in [4.78, 5) is 16.2. The van der Waals surface area contributed by atoms with Crippen LogP contribution in [0.3, 0.4) is 0 Å². The van der Waals surface area contributed by atoms with E-state index in [1.54, 1.807) is 0 Å². The van der Waals surface area contributed by atoms with Crippen LogP contribution < -0.4 is 0 Å². The zero-order valence-electron chi connectivity index (χ0n) is 14.8. The number of carbonyl (C=O) groups is 1. The van der Waals surface area contributed by atoms with Crippen molar-refractivity contribution in [2.45, 2.75) is 50.1 Å². The highest BCUT2D eigenvalue weighted by atomic mass is 16.1. The Morgan fingerprint density at radius 1 is 0.880 bits per heavy atom. The summed E-state index contributed by atoms with van der Waals surface area (Å²) in [6, 6.07) is 18.2. The Bertz CT molecular complexity index is 767. The molecule has 2 aliphatic heterocycles. The molecule has 2 aromatic carbocycles. The molecule has 0 amide bonds. The quantitative estimate of drug-likeness (QED) is 0.799. The molecule has 5 rings (SSSR count). The Kier molecular flexibility index (Phi) is 3.56. The lowest BCUT2D eigenvalue weighted by atomic mass is 9.73. The van der Waals surface area contributed by atoms with E-state index in [0.717, 1.165) is 12.8 Å². The second kappa shape index (κ2) is 5.81. The fourth-order valence-corrected chi connectivity index (χ4v) is 5.55. The second-order valence-corrected chi connectivity index (χ2v) is 8.08. The fourth-order valence-electron chi connectivity index (χ4n) is 5.55. The van der Waals surface area contributed by atoms with E-state index in [9.17, 15) is 4.79 Å². The maximum Gasteiger partial charge on any atom is 0.147 e. The van der Waals surface area contributed by atoms with Crippen LogP contribution in [0.15, 0.2) is 48.5 Å². The molecule has 2 heteroatoms. The van der Waals surface area contributed by atoms with E-state index in [2.05, 4.69) is 60.5 Å². The topological polar surface area (TPSA) is 20.3 Å². The van der Waals surface area contributed by atoms with Crippen LogP contribution >= 0.6 is 0 Å². The van der Waals surface area contributed by atoms with Crippen LogP contribution in [0.4, 0.5) is 0 Å². The number of hydrogen-bond acceptors (Lipinski definition) is 2. The number of Topliss-reactive ketones (excluding diaryl/α,β-unsaturated/α-hetero) is 1. The van der Waals surface area contributed by atoms with Gasteiger partial charge in [-0.1, -0.05) is 55.0 Å². The maximum absolute atomic E-state index is 13.6. The van der Waals surface area contributed by atoms with Crippen molar-refractivity contribution in [2.24, 2.45) is 5.92 Å². The first kappa shape index (κ1) is 15.3. The zero-order chi connectivity index (χ0) is 17.0. The Balaban J connectivity index is 1.52.